The summed E-state index contributed by atoms with van der Waals surface area (Å²) in [6, 6.07) is 29.0. The van der Waals surface area contributed by atoms with Gasteiger partial charge < -0.3 is 34.3 Å². The van der Waals surface area contributed by atoms with Gasteiger partial charge in [0.15, 0.2) is 0 Å². The summed E-state index contributed by atoms with van der Waals surface area (Å²) in [5.74, 6) is 0.0763. The van der Waals surface area contributed by atoms with Crippen molar-refractivity contribution in [2.24, 2.45) is 5.92 Å². The Balaban J connectivity index is 0.000000212. The molecule has 3 N–H and O–H groups in total. The molecule has 0 aliphatic rings. The molecule has 6 aromatic rings. The minimum Gasteiger partial charge on any atom is -0.425 e. The van der Waals surface area contributed by atoms with Crippen LogP contribution in [0.15, 0.2) is 103 Å². The predicted octanol–water partition coefficient (Wildman–Crippen LogP) is 8.13. The van der Waals surface area contributed by atoms with Crippen LogP contribution in [0, 0.1) is 5.92 Å². The zero-order valence-corrected chi connectivity index (χ0v) is 33.3. The number of nitrogens with one attached hydrogen (secondary N) is 2. The van der Waals surface area contributed by atoms with Crippen LogP contribution in [0.25, 0.3) is 21.8 Å². The number of ether oxygens (including phenoxy) is 2. The average molecular weight is 745 g/mol. The van der Waals surface area contributed by atoms with Crippen LogP contribution in [0.5, 0.6) is 11.5 Å². The van der Waals surface area contributed by atoms with E-state index in [1.165, 1.54) is 11.1 Å². The zero-order chi connectivity index (χ0) is 39.5. The number of carbonyl (C=O) groups excluding carboxylic acids is 2. The lowest BCUT2D eigenvalue weighted by Crippen LogP contribution is -2.22. The molecule has 55 heavy (non-hydrogen) atoms. The molecule has 0 fully saturated rings. The molecule has 2 atom stereocenters. The highest BCUT2D eigenvalue weighted by Gasteiger charge is 2.24. The summed E-state index contributed by atoms with van der Waals surface area (Å²) in [4.78, 5) is 36.4. The van der Waals surface area contributed by atoms with Gasteiger partial charge in [-0.2, -0.15) is 0 Å². The molecule has 4 aromatic carbocycles. The number of benzene rings is 4. The lowest BCUT2D eigenvalue weighted by Gasteiger charge is -2.15. The van der Waals surface area contributed by atoms with Crippen LogP contribution in [0.1, 0.15) is 60.4 Å². The van der Waals surface area contributed by atoms with Crippen molar-refractivity contribution in [1.29, 1.82) is 0 Å². The Morgan fingerprint density at radius 3 is 1.62 bits per heavy atom. The van der Waals surface area contributed by atoms with Crippen LogP contribution in [-0.4, -0.2) is 84.7 Å². The lowest BCUT2D eigenvalue weighted by molar-refractivity contribution is -0.137. The number of aromatic nitrogens is 2. The number of likely N-dealkylation sites (N-methyl/N-ethyl adjacent to an activating group) is 2. The number of carbonyl (C=O) groups is 2. The number of nitrogens with zero attached hydrogens (tertiary/aromatic N) is 2. The first kappa shape index (κ1) is 41.0. The van der Waals surface area contributed by atoms with E-state index in [0.29, 0.717) is 17.4 Å². The summed E-state index contributed by atoms with van der Waals surface area (Å²) in [5.41, 5.74) is 7.23. The maximum Gasteiger partial charge on any atom is 0.321 e. The van der Waals surface area contributed by atoms with Crippen molar-refractivity contribution in [1.82, 2.24) is 19.8 Å². The molecule has 2 heterocycles. The molecule has 0 saturated heterocycles. The molecule has 0 amide bonds. The Morgan fingerprint density at radius 1 is 0.636 bits per heavy atom. The Morgan fingerprint density at radius 2 is 1.15 bits per heavy atom. The van der Waals surface area contributed by atoms with Gasteiger partial charge in [0, 0.05) is 47.3 Å². The molecule has 0 bridgehead atoms. The van der Waals surface area contributed by atoms with E-state index in [4.69, 9.17) is 9.47 Å². The molecule has 0 saturated carbocycles. The Kier molecular flexibility index (Phi) is 14.4. The second-order valence-electron chi connectivity index (χ2n) is 15.1. The van der Waals surface area contributed by atoms with Crippen LogP contribution < -0.4 is 9.47 Å². The maximum absolute atomic E-state index is 12.9. The Hall–Kier alpha value is -5.22. The van der Waals surface area contributed by atoms with Gasteiger partial charge in [-0.05, 0) is 112 Å². The standard InChI is InChI=1S/C25H32N2O2.C21H24N2O3/c1-17(2)15-19-9-11-20(12-10-19)18(3)25(28)29-23-8-6-7-22-24(23)21(16-26-22)13-14-27(4)5;1-23(2)12-11-16-13-22-18-9-6-10-19(20(16)18)26-21(25)17(14-24)15-7-4-3-5-8-15/h6-12,16-18,26H,13-15H2,1-5H3;3-10,13,17,22,24H,11-12,14H2,1-2H3. The lowest BCUT2D eigenvalue weighted by atomic mass is 9.97. The van der Waals surface area contributed by atoms with Crippen LogP contribution in [0.2, 0.25) is 0 Å². The van der Waals surface area contributed by atoms with Crippen molar-refractivity contribution < 1.29 is 24.2 Å². The van der Waals surface area contributed by atoms with Gasteiger partial charge in [-0.25, -0.2) is 0 Å². The third-order valence-electron chi connectivity index (χ3n) is 9.72. The normalized spacial score (nSPS) is 12.6. The number of esters is 2. The van der Waals surface area contributed by atoms with Crippen molar-refractivity contribution in [3.05, 3.63) is 131 Å². The van der Waals surface area contributed by atoms with Crippen LogP contribution in [-0.2, 0) is 28.9 Å². The van der Waals surface area contributed by atoms with Crippen molar-refractivity contribution in [2.45, 2.75) is 51.9 Å². The summed E-state index contributed by atoms with van der Waals surface area (Å²) < 4.78 is 11.6. The monoisotopic (exact) mass is 744 g/mol. The Labute approximate surface area is 325 Å². The molecule has 9 heteroatoms. The molecule has 2 aromatic heterocycles. The molecule has 6 rings (SSSR count). The van der Waals surface area contributed by atoms with Crippen molar-refractivity contribution in [3.63, 3.8) is 0 Å². The van der Waals surface area contributed by atoms with Gasteiger partial charge >= 0.3 is 11.9 Å². The molecule has 2 unspecified atom stereocenters. The SMILES string of the molecule is CC(C)Cc1ccc(C(C)C(=O)Oc2cccc3[nH]cc(CCN(C)C)c23)cc1.CN(C)CCc1c[nH]c2cccc(OC(=O)C(CO)c3ccccc3)c12. The second-order valence-corrected chi connectivity index (χ2v) is 15.1. The smallest absolute Gasteiger partial charge is 0.321 e. The first-order valence-electron chi connectivity index (χ1n) is 19.1. The van der Waals surface area contributed by atoms with Crippen LogP contribution >= 0.6 is 0 Å². The van der Waals surface area contributed by atoms with E-state index < -0.39 is 11.9 Å². The number of aliphatic hydroxyl groups excluding tert-OH is 1. The van der Waals surface area contributed by atoms with E-state index in [-0.39, 0.29) is 18.5 Å². The minimum atomic E-state index is -0.698. The van der Waals surface area contributed by atoms with Gasteiger partial charge in [-0.3, -0.25) is 9.59 Å². The third kappa shape index (κ3) is 10.9. The summed E-state index contributed by atoms with van der Waals surface area (Å²) >= 11 is 0. The first-order chi connectivity index (χ1) is 26.4. The summed E-state index contributed by atoms with van der Waals surface area (Å²) in [5, 5.41) is 11.6. The summed E-state index contributed by atoms with van der Waals surface area (Å²) in [6.07, 6.45) is 6.77. The maximum atomic E-state index is 12.9. The van der Waals surface area contributed by atoms with E-state index >= 15 is 0 Å². The van der Waals surface area contributed by atoms with E-state index in [1.54, 1.807) is 6.07 Å². The fraction of sp³-hybridized carbons (Fsp3) is 0.348. The van der Waals surface area contributed by atoms with Crippen LogP contribution in [0.3, 0.4) is 0 Å². The van der Waals surface area contributed by atoms with Crippen LogP contribution in [0.4, 0.5) is 0 Å². The minimum absolute atomic E-state index is 0.228. The van der Waals surface area contributed by atoms with Gasteiger partial charge in [0.05, 0.1) is 12.5 Å². The van der Waals surface area contributed by atoms with Gasteiger partial charge in [-0.1, -0.05) is 80.6 Å². The molecule has 0 aliphatic carbocycles. The van der Waals surface area contributed by atoms with E-state index in [9.17, 15) is 14.7 Å². The molecule has 0 spiro atoms. The number of aromatic amines is 2. The van der Waals surface area contributed by atoms with E-state index in [0.717, 1.165) is 70.8 Å². The number of H-pyrrole nitrogens is 2. The number of fused-ring (bicyclic) bond motifs is 2. The average Bonchev–Trinajstić information content (AvgIpc) is 3.79. The van der Waals surface area contributed by atoms with E-state index in [2.05, 4.69) is 59.8 Å². The van der Waals surface area contributed by atoms with Gasteiger partial charge in [0.1, 0.15) is 17.4 Å². The second kappa shape index (κ2) is 19.4. The molecular weight excluding hydrogens is 689 g/mol. The van der Waals surface area contributed by atoms with Gasteiger partial charge in [0.2, 0.25) is 0 Å². The molecular formula is C46H56N4O5. The largest absolute Gasteiger partial charge is 0.425 e. The molecule has 0 radical (unpaired) electrons. The number of hydrogen-bond acceptors (Lipinski definition) is 7. The Bertz CT molecular complexity index is 2130. The number of hydrogen-bond donors (Lipinski definition) is 3. The fourth-order valence-corrected chi connectivity index (χ4v) is 6.62. The van der Waals surface area contributed by atoms with Gasteiger partial charge in [-0.15, -0.1) is 0 Å². The van der Waals surface area contributed by atoms with Crippen molar-refractivity contribution in [2.75, 3.05) is 47.9 Å². The zero-order valence-electron chi connectivity index (χ0n) is 33.3. The predicted molar refractivity (Wildman–Crippen MR) is 222 cm³/mol. The number of aliphatic hydroxyl groups is 1. The molecule has 9 nitrogen and oxygen atoms in total. The number of rotatable bonds is 15. The summed E-state index contributed by atoms with van der Waals surface area (Å²) in [7, 11) is 8.18. The van der Waals surface area contributed by atoms with E-state index in [1.807, 2.05) is 106 Å². The summed E-state index contributed by atoms with van der Waals surface area (Å²) in [6.45, 7) is 7.88. The fourth-order valence-electron chi connectivity index (χ4n) is 6.62. The molecule has 0 aliphatic heterocycles. The quantitative estimate of drug-likeness (QED) is 0.0720. The molecule has 290 valence electrons. The van der Waals surface area contributed by atoms with Crippen molar-refractivity contribution in [3.8, 4) is 11.5 Å². The highest BCUT2D eigenvalue weighted by Crippen LogP contribution is 2.32. The topological polar surface area (TPSA) is 111 Å². The highest BCUT2D eigenvalue weighted by molar-refractivity contribution is 5.93. The first-order valence-corrected chi connectivity index (χ1v) is 19.1. The van der Waals surface area contributed by atoms with Crippen molar-refractivity contribution >= 4 is 33.7 Å². The van der Waals surface area contributed by atoms with Gasteiger partial charge in [0.25, 0.3) is 0 Å². The highest BCUT2D eigenvalue weighted by atomic mass is 16.5. The third-order valence-corrected chi connectivity index (χ3v) is 9.72.